The number of nitrogens with zero attached hydrogens (tertiary/aromatic N) is 4. The van der Waals surface area contributed by atoms with Gasteiger partial charge in [-0.2, -0.15) is 0 Å². The first-order valence-electron chi connectivity index (χ1n) is 10.3. The zero-order valence-electron chi connectivity index (χ0n) is 18.1. The van der Waals surface area contributed by atoms with Crippen molar-refractivity contribution in [2.24, 2.45) is 0 Å². The van der Waals surface area contributed by atoms with Crippen LogP contribution in [0.15, 0.2) is 29.6 Å². The Morgan fingerprint density at radius 3 is 2.64 bits per heavy atom. The zero-order chi connectivity index (χ0) is 23.5. The first-order chi connectivity index (χ1) is 15.9. The summed E-state index contributed by atoms with van der Waals surface area (Å²) in [6.07, 6.45) is 5.89. The molecule has 0 saturated heterocycles. The molecule has 1 aromatic carbocycles. The number of anilines is 2. The Hall–Kier alpha value is -4.22. The third-order valence-electron chi connectivity index (χ3n) is 5.05. The second-order valence-electron chi connectivity index (χ2n) is 7.42. The number of ether oxygens (including phenoxy) is 2. The van der Waals surface area contributed by atoms with Crippen LogP contribution in [0.2, 0.25) is 0 Å². The van der Waals surface area contributed by atoms with Gasteiger partial charge in [0, 0.05) is 31.0 Å². The van der Waals surface area contributed by atoms with Crippen molar-refractivity contribution in [1.82, 2.24) is 24.8 Å². The Morgan fingerprint density at radius 1 is 1.27 bits per heavy atom. The van der Waals surface area contributed by atoms with Crippen LogP contribution in [0.25, 0.3) is 10.9 Å². The Bertz CT molecular complexity index is 1270. The second-order valence-corrected chi connectivity index (χ2v) is 7.42. The molecule has 4 rings (SSSR count). The average molecular weight is 453 g/mol. The van der Waals surface area contributed by atoms with Crippen LogP contribution in [0.5, 0.6) is 11.5 Å². The highest BCUT2D eigenvalue weighted by Gasteiger charge is 2.25. The van der Waals surface area contributed by atoms with Gasteiger partial charge in [-0.25, -0.2) is 15.0 Å². The molecular formula is C21H23N7O5. The van der Waals surface area contributed by atoms with Crippen molar-refractivity contribution in [3.05, 3.63) is 40.7 Å². The summed E-state index contributed by atoms with van der Waals surface area (Å²) < 4.78 is 12.4. The molecule has 2 heterocycles. The quantitative estimate of drug-likeness (QED) is 0.417. The molecule has 4 N–H and O–H groups in total. The Labute approximate surface area is 188 Å². The number of carbonyl (C=O) groups excluding carboxylic acids is 2. The molecule has 1 aliphatic rings. The van der Waals surface area contributed by atoms with Gasteiger partial charge in [-0.1, -0.05) is 0 Å². The van der Waals surface area contributed by atoms with Crippen LogP contribution in [0.3, 0.4) is 0 Å². The third-order valence-corrected chi connectivity index (χ3v) is 5.05. The maximum absolute atomic E-state index is 13.2. The van der Waals surface area contributed by atoms with Gasteiger partial charge in [0.05, 0.1) is 23.7 Å². The summed E-state index contributed by atoms with van der Waals surface area (Å²) in [4.78, 5) is 49.9. The molecule has 0 unspecified atom stereocenters. The highest BCUT2D eigenvalue weighted by Crippen LogP contribution is 2.37. The number of nitrogens with two attached hydrogens (primary N) is 1. The van der Waals surface area contributed by atoms with Crippen molar-refractivity contribution >= 4 is 34.4 Å². The lowest BCUT2D eigenvalue weighted by Crippen LogP contribution is -2.30. The predicted molar refractivity (Wildman–Crippen MR) is 119 cm³/mol. The molecule has 2 aromatic heterocycles. The van der Waals surface area contributed by atoms with Crippen molar-refractivity contribution in [2.45, 2.75) is 32.4 Å². The van der Waals surface area contributed by atoms with Crippen LogP contribution in [0.1, 0.15) is 30.1 Å². The lowest BCUT2D eigenvalue weighted by molar-refractivity contribution is -0.123. The molecule has 33 heavy (non-hydrogen) atoms. The zero-order valence-corrected chi connectivity index (χ0v) is 18.1. The molecule has 2 amide bonds. The smallest absolute Gasteiger partial charge is 0.265 e. The standard InChI is InChI=1S/C21H23N7O5/c1-3-28-20(31)16-13(22)6-14(33-9-15(29)25-12-4-5-12)18(32-2)17(16)26-21(28)27-19(30)11-7-23-10-24-8-11/h6-8,10,12H,3-5,9,22H2,1-2H3,(H,25,29)(H,26,27,30). The summed E-state index contributed by atoms with van der Waals surface area (Å²) >= 11 is 0. The van der Waals surface area contributed by atoms with Crippen molar-refractivity contribution in [3.63, 3.8) is 0 Å². The van der Waals surface area contributed by atoms with Gasteiger partial charge in [0.15, 0.2) is 18.1 Å². The SMILES string of the molecule is CCn1c(NC(=O)c2cncnc2)nc2c(OC)c(OCC(=O)NC3CC3)cc(N)c2c1=O. The minimum Gasteiger partial charge on any atom is -0.491 e. The summed E-state index contributed by atoms with van der Waals surface area (Å²) in [5.74, 6) is -0.545. The first-order valence-corrected chi connectivity index (χ1v) is 10.3. The molecule has 0 atom stereocenters. The van der Waals surface area contributed by atoms with E-state index < -0.39 is 11.5 Å². The molecular weight excluding hydrogens is 430 g/mol. The number of hydrogen-bond acceptors (Lipinski definition) is 9. The van der Waals surface area contributed by atoms with Crippen molar-refractivity contribution in [3.8, 4) is 11.5 Å². The van der Waals surface area contributed by atoms with E-state index in [1.54, 1.807) is 6.92 Å². The van der Waals surface area contributed by atoms with E-state index in [1.807, 2.05) is 0 Å². The lowest BCUT2D eigenvalue weighted by atomic mass is 10.1. The second kappa shape index (κ2) is 9.10. The molecule has 1 aliphatic carbocycles. The molecule has 12 nitrogen and oxygen atoms in total. The van der Waals surface area contributed by atoms with Gasteiger partial charge in [-0.05, 0) is 19.8 Å². The van der Waals surface area contributed by atoms with Crippen LogP contribution in [0, 0.1) is 0 Å². The van der Waals surface area contributed by atoms with Crippen LogP contribution < -0.4 is 31.4 Å². The van der Waals surface area contributed by atoms with Crippen LogP contribution >= 0.6 is 0 Å². The number of rotatable bonds is 8. The summed E-state index contributed by atoms with van der Waals surface area (Å²) in [5, 5.41) is 5.55. The number of carbonyl (C=O) groups is 2. The topological polar surface area (TPSA) is 163 Å². The highest BCUT2D eigenvalue weighted by molar-refractivity contribution is 6.04. The first kappa shape index (κ1) is 22.0. The van der Waals surface area contributed by atoms with Gasteiger partial charge < -0.3 is 20.5 Å². The normalized spacial score (nSPS) is 12.9. The number of fused-ring (bicyclic) bond motifs is 1. The Balaban J connectivity index is 1.74. The summed E-state index contributed by atoms with van der Waals surface area (Å²) in [5.41, 5.74) is 6.09. The molecule has 12 heteroatoms. The maximum Gasteiger partial charge on any atom is 0.265 e. The van der Waals surface area contributed by atoms with Gasteiger partial charge in [-0.15, -0.1) is 0 Å². The van der Waals surface area contributed by atoms with Gasteiger partial charge in [-0.3, -0.25) is 24.3 Å². The molecule has 0 aliphatic heterocycles. The fraction of sp³-hybridized carbons (Fsp3) is 0.333. The van der Waals surface area contributed by atoms with Gasteiger partial charge in [0.25, 0.3) is 17.4 Å². The minimum atomic E-state index is -0.542. The van der Waals surface area contributed by atoms with E-state index in [0.29, 0.717) is 0 Å². The minimum absolute atomic E-state index is 0.00909. The third kappa shape index (κ3) is 4.54. The molecule has 1 saturated carbocycles. The Kier molecular flexibility index (Phi) is 6.07. The fourth-order valence-electron chi connectivity index (χ4n) is 3.30. The Morgan fingerprint density at radius 2 is 2.00 bits per heavy atom. The van der Waals surface area contributed by atoms with E-state index in [4.69, 9.17) is 15.2 Å². The molecule has 0 radical (unpaired) electrons. The van der Waals surface area contributed by atoms with E-state index in [-0.39, 0.29) is 64.7 Å². The summed E-state index contributed by atoms with van der Waals surface area (Å²) in [6.45, 7) is 1.71. The van der Waals surface area contributed by atoms with Gasteiger partial charge >= 0.3 is 0 Å². The molecule has 1 fully saturated rings. The number of benzene rings is 1. The van der Waals surface area contributed by atoms with E-state index in [0.717, 1.165) is 12.8 Å². The lowest BCUT2D eigenvalue weighted by Gasteiger charge is -2.17. The van der Waals surface area contributed by atoms with Crippen LogP contribution in [-0.2, 0) is 11.3 Å². The van der Waals surface area contributed by atoms with E-state index in [9.17, 15) is 14.4 Å². The predicted octanol–water partition coefficient (Wildman–Crippen LogP) is 0.707. The maximum atomic E-state index is 13.2. The van der Waals surface area contributed by atoms with Gasteiger partial charge in [0.2, 0.25) is 5.95 Å². The van der Waals surface area contributed by atoms with E-state index >= 15 is 0 Å². The van der Waals surface area contributed by atoms with E-state index in [2.05, 4.69) is 25.6 Å². The van der Waals surface area contributed by atoms with Crippen molar-refractivity contribution < 1.29 is 19.1 Å². The number of hydrogen-bond donors (Lipinski definition) is 3. The molecule has 3 aromatic rings. The van der Waals surface area contributed by atoms with Crippen LogP contribution in [-0.4, -0.2) is 51.1 Å². The fourth-order valence-corrected chi connectivity index (χ4v) is 3.30. The number of nitrogens with one attached hydrogen (secondary N) is 2. The van der Waals surface area contributed by atoms with Crippen molar-refractivity contribution in [2.75, 3.05) is 24.8 Å². The molecule has 0 spiro atoms. The number of amides is 2. The number of nitrogen functional groups attached to an aromatic ring is 1. The number of methoxy groups -OCH3 is 1. The molecule has 0 bridgehead atoms. The monoisotopic (exact) mass is 453 g/mol. The highest BCUT2D eigenvalue weighted by atomic mass is 16.5. The summed E-state index contributed by atoms with van der Waals surface area (Å²) in [6, 6.07) is 1.62. The number of aromatic nitrogens is 4. The van der Waals surface area contributed by atoms with Gasteiger partial charge in [0.1, 0.15) is 11.8 Å². The van der Waals surface area contributed by atoms with Crippen molar-refractivity contribution in [1.29, 1.82) is 0 Å². The summed E-state index contributed by atoms with van der Waals surface area (Å²) in [7, 11) is 1.38. The van der Waals surface area contributed by atoms with Crippen LogP contribution in [0.4, 0.5) is 11.6 Å². The average Bonchev–Trinajstić information content (AvgIpc) is 3.62. The molecule has 172 valence electrons. The van der Waals surface area contributed by atoms with E-state index in [1.165, 1.54) is 36.5 Å². The largest absolute Gasteiger partial charge is 0.491 e.